The number of likely N-dealkylation sites (N-methyl/N-ethyl adjacent to an activating group) is 1. The molecule has 2 aliphatic heterocycles. The van der Waals surface area contributed by atoms with Gasteiger partial charge in [-0.25, -0.2) is 4.39 Å². The van der Waals surface area contributed by atoms with E-state index in [-0.39, 0.29) is 5.82 Å². The van der Waals surface area contributed by atoms with Crippen molar-refractivity contribution in [3.05, 3.63) is 48.3 Å². The van der Waals surface area contributed by atoms with Gasteiger partial charge in [-0.15, -0.1) is 0 Å². The third-order valence-electron chi connectivity index (χ3n) is 4.91. The Morgan fingerprint density at radius 3 is 2.58 bits per heavy atom. The second-order valence-electron chi connectivity index (χ2n) is 6.79. The highest BCUT2D eigenvalue weighted by Crippen LogP contribution is 2.48. The average Bonchev–Trinajstić information content (AvgIpc) is 2.65. The van der Waals surface area contributed by atoms with Crippen molar-refractivity contribution in [3.63, 3.8) is 0 Å². The molecule has 0 unspecified atom stereocenters. The molecule has 26 heavy (non-hydrogen) atoms. The predicted molar refractivity (Wildman–Crippen MR) is 106 cm³/mol. The molecule has 0 saturated carbocycles. The molecule has 136 valence electrons. The Bertz CT molecular complexity index is 830. The lowest BCUT2D eigenvalue weighted by molar-refractivity contribution is 0.158. The summed E-state index contributed by atoms with van der Waals surface area (Å²) in [5, 5.41) is 0. The van der Waals surface area contributed by atoms with Crippen LogP contribution >= 0.6 is 11.8 Å². The van der Waals surface area contributed by atoms with Gasteiger partial charge in [-0.3, -0.25) is 14.8 Å². The molecule has 4 rings (SSSR count). The fourth-order valence-corrected chi connectivity index (χ4v) is 4.38. The molecule has 2 aromatic rings. The Labute approximate surface area is 158 Å². The lowest BCUT2D eigenvalue weighted by Gasteiger charge is -2.34. The van der Waals surface area contributed by atoms with E-state index in [0.717, 1.165) is 48.3 Å². The minimum Gasteiger partial charge on any atom is -0.304 e. The van der Waals surface area contributed by atoms with Gasteiger partial charge < -0.3 is 4.90 Å². The van der Waals surface area contributed by atoms with Crippen molar-refractivity contribution in [2.75, 3.05) is 44.8 Å². The summed E-state index contributed by atoms with van der Waals surface area (Å²) in [7, 11) is 2.15. The molecule has 0 radical (unpaired) electrons. The number of aliphatic imine (C=N–C) groups is 1. The van der Waals surface area contributed by atoms with Gasteiger partial charge in [0.1, 0.15) is 11.7 Å². The number of hydrogen-bond donors (Lipinski definition) is 0. The van der Waals surface area contributed by atoms with E-state index in [0.29, 0.717) is 6.67 Å². The second kappa shape index (κ2) is 7.39. The van der Waals surface area contributed by atoms with E-state index in [1.54, 1.807) is 17.8 Å². The Morgan fingerprint density at radius 1 is 1.04 bits per heavy atom. The van der Waals surface area contributed by atoms with Crippen molar-refractivity contribution >= 4 is 29.0 Å². The van der Waals surface area contributed by atoms with Gasteiger partial charge in [-0.05, 0) is 44.3 Å². The number of amidine groups is 1. The topological polar surface area (TPSA) is 22.1 Å². The summed E-state index contributed by atoms with van der Waals surface area (Å²) in [5.41, 5.74) is 1.93. The molecule has 0 atom stereocenters. The Morgan fingerprint density at radius 2 is 1.77 bits per heavy atom. The normalized spacial score (nSPS) is 18.6. The number of anilines is 2. The van der Waals surface area contributed by atoms with Crippen molar-refractivity contribution in [1.29, 1.82) is 0 Å². The Balaban J connectivity index is 1.64. The Kier molecular flexibility index (Phi) is 4.98. The lowest BCUT2D eigenvalue weighted by Crippen LogP contribution is -2.44. The van der Waals surface area contributed by atoms with Gasteiger partial charge in [-0.2, -0.15) is 0 Å². The Hall–Kier alpha value is -1.89. The minimum atomic E-state index is -0.222. The van der Waals surface area contributed by atoms with Gasteiger partial charge in [0.05, 0.1) is 18.0 Å². The molecule has 2 aromatic carbocycles. The maximum atomic E-state index is 13.9. The first-order chi connectivity index (χ1) is 12.6. The van der Waals surface area contributed by atoms with Crippen molar-refractivity contribution in [3.8, 4) is 0 Å². The van der Waals surface area contributed by atoms with Crippen LogP contribution in [0.1, 0.15) is 6.92 Å². The number of para-hydroxylation sites is 1. The third-order valence-corrected chi connectivity index (χ3v) is 6.04. The summed E-state index contributed by atoms with van der Waals surface area (Å²) in [4.78, 5) is 13.8. The number of halogens is 1. The van der Waals surface area contributed by atoms with Crippen molar-refractivity contribution in [2.45, 2.75) is 16.7 Å². The van der Waals surface area contributed by atoms with Crippen LogP contribution in [0.2, 0.25) is 0 Å². The van der Waals surface area contributed by atoms with E-state index < -0.39 is 0 Å². The van der Waals surface area contributed by atoms with E-state index in [9.17, 15) is 4.39 Å². The molecule has 0 aromatic heterocycles. The van der Waals surface area contributed by atoms with Crippen LogP contribution in [0.3, 0.4) is 0 Å². The number of nitrogens with zero attached hydrogens (tertiary/aromatic N) is 4. The molecule has 0 spiro atoms. The number of piperazine rings is 1. The monoisotopic (exact) mass is 370 g/mol. The number of fused-ring (bicyclic) bond motifs is 2. The zero-order valence-corrected chi connectivity index (χ0v) is 16.0. The van der Waals surface area contributed by atoms with E-state index in [1.807, 2.05) is 25.1 Å². The van der Waals surface area contributed by atoms with Crippen molar-refractivity contribution in [2.24, 2.45) is 4.99 Å². The highest BCUT2D eigenvalue weighted by molar-refractivity contribution is 7.99. The zero-order valence-electron chi connectivity index (χ0n) is 15.2. The van der Waals surface area contributed by atoms with E-state index in [2.05, 4.69) is 33.9 Å². The average molecular weight is 370 g/mol. The fraction of sp³-hybridized carbons (Fsp3) is 0.350. The fourth-order valence-electron chi connectivity index (χ4n) is 3.34. The molecular formula is C20H23FN4S. The maximum Gasteiger partial charge on any atom is 0.125 e. The quantitative estimate of drug-likeness (QED) is 0.587. The van der Waals surface area contributed by atoms with E-state index >= 15 is 0 Å². The summed E-state index contributed by atoms with van der Waals surface area (Å²) >= 11 is 1.68. The highest BCUT2D eigenvalue weighted by Gasteiger charge is 2.25. The molecule has 2 aliphatic rings. The van der Waals surface area contributed by atoms with E-state index in [1.165, 1.54) is 11.0 Å². The molecule has 1 saturated heterocycles. The highest BCUT2D eigenvalue weighted by atomic mass is 32.2. The second-order valence-corrected chi connectivity index (χ2v) is 7.87. The zero-order chi connectivity index (χ0) is 18.1. The van der Waals surface area contributed by atoms with Crippen LogP contribution in [0.15, 0.2) is 57.2 Å². The third kappa shape index (κ3) is 3.49. The first-order valence-electron chi connectivity index (χ1n) is 8.90. The van der Waals surface area contributed by atoms with E-state index in [4.69, 9.17) is 4.99 Å². The van der Waals surface area contributed by atoms with Gasteiger partial charge in [0.2, 0.25) is 0 Å². The van der Waals surface area contributed by atoms with Crippen LogP contribution in [-0.2, 0) is 0 Å². The van der Waals surface area contributed by atoms with Gasteiger partial charge in [-0.1, -0.05) is 23.9 Å². The molecule has 6 heteroatoms. The number of rotatable bonds is 2. The van der Waals surface area contributed by atoms with Crippen LogP contribution in [0.4, 0.5) is 15.8 Å². The largest absolute Gasteiger partial charge is 0.304 e. The summed E-state index contributed by atoms with van der Waals surface area (Å²) in [6, 6.07) is 13.2. The molecule has 4 nitrogen and oxygen atoms in total. The van der Waals surface area contributed by atoms with Gasteiger partial charge in [0.25, 0.3) is 0 Å². The van der Waals surface area contributed by atoms with Crippen LogP contribution in [0.25, 0.3) is 0 Å². The summed E-state index contributed by atoms with van der Waals surface area (Å²) in [5.74, 6) is 0.670. The van der Waals surface area contributed by atoms with Gasteiger partial charge >= 0.3 is 0 Å². The SMILES string of the molecule is CC(=NCN1CCN(C)CC1)N1c2ccccc2Sc2ccc(F)cc21. The predicted octanol–water partition coefficient (Wildman–Crippen LogP) is 4.05. The van der Waals surface area contributed by atoms with Gasteiger partial charge in [0, 0.05) is 36.0 Å². The molecule has 2 heterocycles. The molecule has 0 amide bonds. The number of benzene rings is 2. The smallest absolute Gasteiger partial charge is 0.125 e. The minimum absolute atomic E-state index is 0.222. The van der Waals surface area contributed by atoms with Crippen LogP contribution in [0, 0.1) is 5.82 Å². The standard InChI is InChI=1S/C20H23FN4S/c1-15(22-14-24-11-9-23(2)10-12-24)25-17-5-3-4-6-19(17)26-20-8-7-16(21)13-18(20)25/h3-8,13H,9-12,14H2,1-2H3. The first kappa shape index (κ1) is 17.5. The van der Waals surface area contributed by atoms with Crippen molar-refractivity contribution < 1.29 is 4.39 Å². The molecule has 0 N–H and O–H groups in total. The molecular weight excluding hydrogens is 347 g/mol. The maximum absolute atomic E-state index is 13.9. The lowest BCUT2D eigenvalue weighted by atomic mass is 10.2. The molecule has 0 aliphatic carbocycles. The number of hydrogen-bond acceptors (Lipinski definition) is 4. The van der Waals surface area contributed by atoms with Crippen LogP contribution in [-0.4, -0.2) is 55.5 Å². The van der Waals surface area contributed by atoms with Crippen LogP contribution in [0.5, 0.6) is 0 Å². The molecule has 0 bridgehead atoms. The van der Waals surface area contributed by atoms with Crippen molar-refractivity contribution in [1.82, 2.24) is 9.80 Å². The molecule has 1 fully saturated rings. The summed E-state index contributed by atoms with van der Waals surface area (Å²) in [6.45, 7) is 6.90. The van der Waals surface area contributed by atoms with Crippen LogP contribution < -0.4 is 4.90 Å². The summed E-state index contributed by atoms with van der Waals surface area (Å²) in [6.07, 6.45) is 0. The summed E-state index contributed by atoms with van der Waals surface area (Å²) < 4.78 is 13.9. The van der Waals surface area contributed by atoms with Gasteiger partial charge in [0.15, 0.2) is 0 Å². The first-order valence-corrected chi connectivity index (χ1v) is 9.72.